The Kier molecular flexibility index (Phi) is 5.58. The van der Waals surface area contributed by atoms with Crippen LogP contribution in [-0.2, 0) is 0 Å². The highest BCUT2D eigenvalue weighted by Gasteiger charge is 2.40. The van der Waals surface area contributed by atoms with Crippen LogP contribution in [0.5, 0.6) is 23.0 Å². The summed E-state index contributed by atoms with van der Waals surface area (Å²) in [6, 6.07) is 61.3. The SMILES string of the molecule is c1ccc2c(c1)Oc1cc(-c3cccc4c5ccccc5c5cccc6c7ccccc7n(c7ccccc7c34)c56)cc3c1B2c1ccccc1O3. The van der Waals surface area contributed by atoms with Gasteiger partial charge in [-0.3, -0.25) is 0 Å². The van der Waals surface area contributed by atoms with Crippen LogP contribution in [0.3, 0.4) is 0 Å². The maximum absolute atomic E-state index is 6.77. The highest BCUT2D eigenvalue weighted by atomic mass is 16.5. The first-order chi connectivity index (χ1) is 25.8. The molecule has 0 spiro atoms. The van der Waals surface area contributed by atoms with E-state index in [2.05, 4.69) is 174 Å². The van der Waals surface area contributed by atoms with E-state index in [1.54, 1.807) is 0 Å². The minimum atomic E-state index is 0.0319. The number of hydrogen-bond acceptors (Lipinski definition) is 2. The fraction of sp³-hybridized carbons (Fsp3) is 0. The lowest BCUT2D eigenvalue weighted by Crippen LogP contribution is -2.57. The van der Waals surface area contributed by atoms with E-state index in [1.165, 1.54) is 54.1 Å². The van der Waals surface area contributed by atoms with Gasteiger partial charge in [0.15, 0.2) is 0 Å². The van der Waals surface area contributed by atoms with Gasteiger partial charge in [0.05, 0.1) is 16.6 Å². The van der Waals surface area contributed by atoms with Crippen LogP contribution >= 0.6 is 0 Å². The Morgan fingerprint density at radius 2 is 0.865 bits per heavy atom. The van der Waals surface area contributed by atoms with Crippen LogP contribution in [0.15, 0.2) is 170 Å². The zero-order valence-electron chi connectivity index (χ0n) is 28.0. The second-order valence-electron chi connectivity index (χ2n) is 13.9. The molecule has 3 nitrogen and oxygen atoms in total. The molecular formula is C48H28BNO2. The summed E-state index contributed by atoms with van der Waals surface area (Å²) in [7, 11) is 0. The number of para-hydroxylation sites is 5. The normalized spacial score (nSPS) is 12.9. The van der Waals surface area contributed by atoms with Gasteiger partial charge in [-0.05, 0) is 80.0 Å². The average Bonchev–Trinajstić information content (AvgIpc) is 3.56. The molecule has 0 unspecified atom stereocenters. The van der Waals surface area contributed by atoms with Crippen LogP contribution < -0.4 is 25.9 Å². The van der Waals surface area contributed by atoms with Crippen molar-refractivity contribution in [1.82, 2.24) is 4.40 Å². The van der Waals surface area contributed by atoms with Crippen molar-refractivity contribution in [1.29, 1.82) is 0 Å². The third-order valence-electron chi connectivity index (χ3n) is 11.3. The van der Waals surface area contributed by atoms with Crippen molar-refractivity contribution in [2.45, 2.75) is 0 Å². The summed E-state index contributed by atoms with van der Waals surface area (Å²) in [4.78, 5) is 0. The topological polar surface area (TPSA) is 22.9 Å². The summed E-state index contributed by atoms with van der Waals surface area (Å²) in [5.41, 5.74) is 9.15. The van der Waals surface area contributed by atoms with Gasteiger partial charge >= 0.3 is 0 Å². The molecule has 52 heavy (non-hydrogen) atoms. The predicted molar refractivity (Wildman–Crippen MR) is 217 cm³/mol. The third kappa shape index (κ3) is 3.71. The summed E-state index contributed by atoms with van der Waals surface area (Å²) < 4.78 is 16.0. The average molecular weight is 662 g/mol. The highest BCUT2D eigenvalue weighted by Crippen LogP contribution is 2.44. The van der Waals surface area contributed by atoms with Gasteiger partial charge in [-0.2, -0.15) is 0 Å². The van der Waals surface area contributed by atoms with Crippen molar-refractivity contribution in [3.8, 4) is 34.1 Å². The van der Waals surface area contributed by atoms with E-state index in [1.807, 2.05) is 0 Å². The first-order valence-corrected chi connectivity index (χ1v) is 17.9. The number of aromatic nitrogens is 1. The van der Waals surface area contributed by atoms with Gasteiger partial charge in [-0.1, -0.05) is 133 Å². The molecule has 0 fully saturated rings. The van der Waals surface area contributed by atoms with Crippen LogP contribution in [0, 0.1) is 0 Å². The molecule has 0 bridgehead atoms. The number of hydrogen-bond donors (Lipinski definition) is 0. The number of fused-ring (bicyclic) bond motifs is 14. The minimum Gasteiger partial charge on any atom is -0.458 e. The van der Waals surface area contributed by atoms with Gasteiger partial charge in [0, 0.05) is 27.0 Å². The van der Waals surface area contributed by atoms with Crippen molar-refractivity contribution in [2.75, 3.05) is 0 Å². The van der Waals surface area contributed by atoms with Gasteiger partial charge in [0.1, 0.15) is 23.0 Å². The Hall–Kier alpha value is -6.78. The lowest BCUT2D eigenvalue weighted by atomic mass is 9.35. The van der Waals surface area contributed by atoms with Crippen LogP contribution in [0.25, 0.3) is 70.8 Å². The summed E-state index contributed by atoms with van der Waals surface area (Å²) in [5.74, 6) is 3.46. The van der Waals surface area contributed by atoms with Crippen LogP contribution in [0.2, 0.25) is 0 Å². The smallest absolute Gasteiger partial charge is 0.260 e. The van der Waals surface area contributed by atoms with Crippen LogP contribution in [0.4, 0.5) is 0 Å². The maximum atomic E-state index is 6.77. The molecule has 0 N–H and O–H groups in total. The Bertz CT molecular complexity index is 3140. The standard InChI is InChI=1S/C48H28BNO2/c1-2-14-32-31(13-1)34-18-11-17-30(29-27-44-47-45(28-29)52-43-26-10-6-22-39(43)49(47)38-21-5-9-25-42(38)51-44)46(34)37-16-4-8-24-41(37)50-40-23-7-3-15-33(40)36-20-12-19-35(32)48(36)50/h1-28H. The zero-order chi connectivity index (χ0) is 33.9. The van der Waals surface area contributed by atoms with Crippen LogP contribution in [0.1, 0.15) is 0 Å². The maximum Gasteiger partial charge on any atom is 0.260 e. The molecule has 240 valence electrons. The van der Waals surface area contributed by atoms with Crippen LogP contribution in [-0.4, -0.2) is 11.1 Å². The molecule has 8 aromatic carbocycles. The van der Waals surface area contributed by atoms with Gasteiger partial charge in [0.2, 0.25) is 0 Å². The molecule has 0 amide bonds. The molecule has 0 atom stereocenters. The minimum absolute atomic E-state index is 0.0319. The van der Waals surface area contributed by atoms with Crippen molar-refractivity contribution >= 4 is 82.7 Å². The fourth-order valence-corrected chi connectivity index (χ4v) is 9.18. The Morgan fingerprint density at radius 3 is 1.56 bits per heavy atom. The fourth-order valence-electron chi connectivity index (χ4n) is 9.18. The van der Waals surface area contributed by atoms with Crippen molar-refractivity contribution in [3.63, 3.8) is 0 Å². The molecule has 2 aromatic heterocycles. The lowest BCUT2D eigenvalue weighted by Gasteiger charge is -2.33. The molecule has 0 radical (unpaired) electrons. The van der Waals surface area contributed by atoms with Gasteiger partial charge < -0.3 is 13.9 Å². The monoisotopic (exact) mass is 661 g/mol. The molecular weight excluding hydrogens is 633 g/mol. The predicted octanol–water partition coefficient (Wildman–Crippen LogP) is 10.7. The van der Waals surface area contributed by atoms with Crippen molar-refractivity contribution in [3.05, 3.63) is 170 Å². The third-order valence-corrected chi connectivity index (χ3v) is 11.3. The van der Waals surface area contributed by atoms with E-state index in [4.69, 9.17) is 9.47 Å². The first-order valence-electron chi connectivity index (χ1n) is 17.9. The van der Waals surface area contributed by atoms with Gasteiger partial charge in [-0.15, -0.1) is 0 Å². The quantitative estimate of drug-likeness (QED) is 0.164. The number of ether oxygens (including phenoxy) is 2. The van der Waals surface area contributed by atoms with E-state index >= 15 is 0 Å². The molecule has 0 aliphatic carbocycles. The Balaban J connectivity index is 1.27. The Morgan fingerprint density at radius 1 is 0.385 bits per heavy atom. The molecule has 4 heterocycles. The van der Waals surface area contributed by atoms with Crippen molar-refractivity contribution < 1.29 is 9.47 Å². The summed E-state index contributed by atoms with van der Waals surface area (Å²) in [6.45, 7) is 0.0319. The first kappa shape index (κ1) is 28.0. The Labute approximate surface area is 299 Å². The van der Waals surface area contributed by atoms with Crippen molar-refractivity contribution in [2.24, 2.45) is 0 Å². The molecule has 4 heteroatoms. The second-order valence-corrected chi connectivity index (χ2v) is 13.9. The van der Waals surface area contributed by atoms with E-state index < -0.39 is 0 Å². The van der Waals surface area contributed by atoms with E-state index in [0.717, 1.165) is 56.0 Å². The number of nitrogens with zero attached hydrogens (tertiary/aromatic N) is 1. The van der Waals surface area contributed by atoms with Gasteiger partial charge in [0.25, 0.3) is 6.71 Å². The van der Waals surface area contributed by atoms with Gasteiger partial charge in [-0.25, -0.2) is 0 Å². The molecule has 0 saturated heterocycles. The summed E-state index contributed by atoms with van der Waals surface area (Å²) in [5, 5.41) is 9.68. The zero-order valence-corrected chi connectivity index (χ0v) is 28.0. The number of rotatable bonds is 1. The molecule has 2 aliphatic heterocycles. The largest absolute Gasteiger partial charge is 0.458 e. The second kappa shape index (κ2) is 10.4. The van der Waals surface area contributed by atoms with E-state index in [0.29, 0.717) is 0 Å². The lowest BCUT2D eigenvalue weighted by molar-refractivity contribution is 0.465. The summed E-state index contributed by atoms with van der Waals surface area (Å²) >= 11 is 0. The summed E-state index contributed by atoms with van der Waals surface area (Å²) in [6.07, 6.45) is 0. The highest BCUT2D eigenvalue weighted by molar-refractivity contribution is 6.98. The number of benzene rings is 8. The molecule has 2 aliphatic rings. The molecule has 0 saturated carbocycles. The molecule has 12 rings (SSSR count). The van der Waals surface area contributed by atoms with E-state index in [9.17, 15) is 0 Å². The van der Waals surface area contributed by atoms with E-state index in [-0.39, 0.29) is 6.71 Å². The molecule has 10 aromatic rings.